The first-order valence-corrected chi connectivity index (χ1v) is 6.06. The fourth-order valence-corrected chi connectivity index (χ4v) is 1.74. The summed E-state index contributed by atoms with van der Waals surface area (Å²) < 4.78 is 17.7. The Balaban J connectivity index is 2.04. The molecule has 0 saturated carbocycles. The summed E-state index contributed by atoms with van der Waals surface area (Å²) in [5.41, 5.74) is 0.949. The first kappa shape index (κ1) is 13.7. The number of anilines is 1. The van der Waals surface area contributed by atoms with E-state index in [9.17, 15) is 4.39 Å². The third-order valence-corrected chi connectivity index (χ3v) is 2.60. The Labute approximate surface area is 115 Å². The SMILES string of the molecule is COCc1nc(Cl)cc(NCc2ccc(F)cc2)n1. The van der Waals surface area contributed by atoms with Gasteiger partial charge >= 0.3 is 0 Å². The van der Waals surface area contributed by atoms with Gasteiger partial charge in [-0.2, -0.15) is 0 Å². The van der Waals surface area contributed by atoms with E-state index in [1.165, 1.54) is 12.1 Å². The van der Waals surface area contributed by atoms with E-state index in [-0.39, 0.29) is 5.82 Å². The van der Waals surface area contributed by atoms with Crippen molar-refractivity contribution in [1.29, 1.82) is 0 Å². The van der Waals surface area contributed by atoms with Crippen LogP contribution in [0, 0.1) is 5.82 Å². The Bertz CT molecular complexity index is 548. The highest BCUT2D eigenvalue weighted by Gasteiger charge is 2.03. The lowest BCUT2D eigenvalue weighted by Crippen LogP contribution is -2.05. The Hall–Kier alpha value is -1.72. The van der Waals surface area contributed by atoms with E-state index < -0.39 is 0 Å². The van der Waals surface area contributed by atoms with Gasteiger partial charge in [0.1, 0.15) is 23.4 Å². The van der Waals surface area contributed by atoms with Crippen molar-refractivity contribution in [3.05, 3.63) is 52.7 Å². The molecule has 1 aromatic carbocycles. The predicted octanol–water partition coefficient (Wildman–Crippen LogP) is 3.03. The normalized spacial score (nSPS) is 10.5. The summed E-state index contributed by atoms with van der Waals surface area (Å²) in [6.45, 7) is 0.825. The molecule has 0 aliphatic carbocycles. The highest BCUT2D eigenvalue weighted by Crippen LogP contribution is 2.13. The number of aromatic nitrogens is 2. The highest BCUT2D eigenvalue weighted by atomic mass is 35.5. The quantitative estimate of drug-likeness (QED) is 0.856. The number of hydrogen-bond acceptors (Lipinski definition) is 4. The summed E-state index contributed by atoms with van der Waals surface area (Å²) in [6.07, 6.45) is 0. The molecule has 2 rings (SSSR count). The number of nitrogens with one attached hydrogen (secondary N) is 1. The fourth-order valence-electron chi connectivity index (χ4n) is 1.54. The van der Waals surface area contributed by atoms with E-state index in [1.54, 1.807) is 25.3 Å². The minimum Gasteiger partial charge on any atom is -0.377 e. The number of rotatable bonds is 5. The van der Waals surface area contributed by atoms with Gasteiger partial charge in [0, 0.05) is 19.7 Å². The van der Waals surface area contributed by atoms with Gasteiger partial charge in [0.05, 0.1) is 0 Å². The molecule has 0 unspecified atom stereocenters. The minimum absolute atomic E-state index is 0.254. The van der Waals surface area contributed by atoms with Crippen LogP contribution < -0.4 is 5.32 Å². The van der Waals surface area contributed by atoms with Crippen LogP contribution in [0.1, 0.15) is 11.4 Å². The zero-order valence-corrected chi connectivity index (χ0v) is 11.1. The van der Waals surface area contributed by atoms with Gasteiger partial charge in [0.15, 0.2) is 5.82 Å². The molecule has 0 bridgehead atoms. The van der Waals surface area contributed by atoms with Crippen LogP contribution >= 0.6 is 11.6 Å². The molecular formula is C13H13ClFN3O. The maximum Gasteiger partial charge on any atom is 0.158 e. The molecule has 0 atom stereocenters. The summed E-state index contributed by atoms with van der Waals surface area (Å²) >= 11 is 5.89. The van der Waals surface area contributed by atoms with Crippen molar-refractivity contribution in [2.45, 2.75) is 13.2 Å². The molecule has 0 radical (unpaired) electrons. The van der Waals surface area contributed by atoms with Crippen LogP contribution in [-0.4, -0.2) is 17.1 Å². The second kappa shape index (κ2) is 6.45. The lowest BCUT2D eigenvalue weighted by atomic mass is 10.2. The first-order chi connectivity index (χ1) is 9.17. The first-order valence-electron chi connectivity index (χ1n) is 5.68. The predicted molar refractivity (Wildman–Crippen MR) is 71.5 cm³/mol. The lowest BCUT2D eigenvalue weighted by molar-refractivity contribution is 0.178. The van der Waals surface area contributed by atoms with E-state index in [0.29, 0.717) is 29.9 Å². The van der Waals surface area contributed by atoms with Crippen molar-refractivity contribution in [1.82, 2.24) is 9.97 Å². The molecule has 0 spiro atoms. The fraction of sp³-hybridized carbons (Fsp3) is 0.231. The standard InChI is InChI=1S/C13H13ClFN3O/c1-19-8-13-17-11(14)6-12(18-13)16-7-9-2-4-10(15)5-3-9/h2-6H,7-8H2,1H3,(H,16,17,18). The molecule has 2 aromatic rings. The van der Waals surface area contributed by atoms with E-state index in [1.807, 2.05) is 0 Å². The maximum atomic E-state index is 12.8. The van der Waals surface area contributed by atoms with Crippen LogP contribution in [0.25, 0.3) is 0 Å². The minimum atomic E-state index is -0.254. The van der Waals surface area contributed by atoms with Gasteiger partial charge in [-0.1, -0.05) is 23.7 Å². The molecule has 0 amide bonds. The highest BCUT2D eigenvalue weighted by molar-refractivity contribution is 6.29. The molecule has 1 N–H and O–H groups in total. The maximum absolute atomic E-state index is 12.8. The third-order valence-electron chi connectivity index (χ3n) is 2.40. The number of benzene rings is 1. The van der Waals surface area contributed by atoms with Crippen molar-refractivity contribution < 1.29 is 9.13 Å². The second-order valence-corrected chi connectivity index (χ2v) is 4.29. The molecule has 0 fully saturated rings. The lowest BCUT2D eigenvalue weighted by Gasteiger charge is -2.07. The van der Waals surface area contributed by atoms with Gasteiger partial charge in [-0.3, -0.25) is 0 Å². The number of methoxy groups -OCH3 is 1. The van der Waals surface area contributed by atoms with Crippen molar-refractivity contribution in [2.75, 3.05) is 12.4 Å². The van der Waals surface area contributed by atoms with E-state index >= 15 is 0 Å². The van der Waals surface area contributed by atoms with Crippen LogP contribution in [0.5, 0.6) is 0 Å². The summed E-state index contributed by atoms with van der Waals surface area (Å²) in [4.78, 5) is 8.28. The molecule has 4 nitrogen and oxygen atoms in total. The van der Waals surface area contributed by atoms with Crippen LogP contribution in [-0.2, 0) is 17.9 Å². The Morgan fingerprint density at radius 1 is 1.26 bits per heavy atom. The zero-order valence-electron chi connectivity index (χ0n) is 10.4. The van der Waals surface area contributed by atoms with Crippen molar-refractivity contribution >= 4 is 17.4 Å². The Morgan fingerprint density at radius 2 is 2.00 bits per heavy atom. The number of ether oxygens (including phenoxy) is 1. The smallest absolute Gasteiger partial charge is 0.158 e. The molecule has 1 aromatic heterocycles. The summed E-state index contributed by atoms with van der Waals surface area (Å²) in [5, 5.41) is 3.46. The summed E-state index contributed by atoms with van der Waals surface area (Å²) in [7, 11) is 1.57. The zero-order chi connectivity index (χ0) is 13.7. The molecular weight excluding hydrogens is 269 g/mol. The number of halogens is 2. The van der Waals surface area contributed by atoms with Crippen molar-refractivity contribution in [3.8, 4) is 0 Å². The van der Waals surface area contributed by atoms with Crippen molar-refractivity contribution in [2.24, 2.45) is 0 Å². The molecule has 0 aliphatic heterocycles. The Morgan fingerprint density at radius 3 is 2.68 bits per heavy atom. The van der Waals surface area contributed by atoms with Crippen LogP contribution in [0.2, 0.25) is 5.15 Å². The topological polar surface area (TPSA) is 47.0 Å². The van der Waals surface area contributed by atoms with E-state index in [4.69, 9.17) is 16.3 Å². The second-order valence-electron chi connectivity index (χ2n) is 3.91. The van der Waals surface area contributed by atoms with E-state index in [2.05, 4.69) is 15.3 Å². The monoisotopic (exact) mass is 281 g/mol. The largest absolute Gasteiger partial charge is 0.377 e. The van der Waals surface area contributed by atoms with Gasteiger partial charge in [-0.15, -0.1) is 0 Å². The van der Waals surface area contributed by atoms with Crippen molar-refractivity contribution in [3.63, 3.8) is 0 Å². The molecule has 0 aliphatic rings. The van der Waals surface area contributed by atoms with Crippen LogP contribution in [0.15, 0.2) is 30.3 Å². The van der Waals surface area contributed by atoms with Gasteiger partial charge in [-0.25, -0.2) is 14.4 Å². The molecule has 100 valence electrons. The molecule has 6 heteroatoms. The summed E-state index contributed by atoms with van der Waals surface area (Å²) in [6, 6.07) is 7.88. The third kappa shape index (κ3) is 4.15. The van der Waals surface area contributed by atoms with Gasteiger partial charge in [0.25, 0.3) is 0 Å². The molecule has 1 heterocycles. The molecule has 0 saturated heterocycles. The van der Waals surface area contributed by atoms with Crippen LogP contribution in [0.4, 0.5) is 10.2 Å². The Kier molecular flexibility index (Phi) is 4.65. The number of nitrogens with zero attached hydrogens (tertiary/aromatic N) is 2. The van der Waals surface area contributed by atoms with Gasteiger partial charge < -0.3 is 10.1 Å². The average molecular weight is 282 g/mol. The van der Waals surface area contributed by atoms with Crippen LogP contribution in [0.3, 0.4) is 0 Å². The number of hydrogen-bond donors (Lipinski definition) is 1. The van der Waals surface area contributed by atoms with E-state index in [0.717, 1.165) is 5.56 Å². The van der Waals surface area contributed by atoms with Gasteiger partial charge in [0.2, 0.25) is 0 Å². The average Bonchev–Trinajstić information content (AvgIpc) is 2.38. The molecule has 19 heavy (non-hydrogen) atoms. The van der Waals surface area contributed by atoms with Gasteiger partial charge in [-0.05, 0) is 17.7 Å². The summed E-state index contributed by atoms with van der Waals surface area (Å²) in [5.74, 6) is 0.865.